The number of rotatable bonds is 6. The lowest BCUT2D eigenvalue weighted by atomic mass is 10.1. The third-order valence-electron chi connectivity index (χ3n) is 3.23. The molecule has 1 heterocycles. The molecule has 0 fully saturated rings. The second-order valence-corrected chi connectivity index (χ2v) is 11.3. The molecule has 0 radical (unpaired) electrons. The first-order chi connectivity index (χ1) is 8.86. The molecule has 1 unspecified atom stereocenters. The molecule has 1 atom stereocenters. The fraction of sp³-hybridized carbons (Fsp3) is 0.571. The Morgan fingerprint density at radius 3 is 2.68 bits per heavy atom. The summed E-state index contributed by atoms with van der Waals surface area (Å²) in [6.07, 6.45) is 3.69. The van der Waals surface area contributed by atoms with E-state index < -0.39 is 8.07 Å². The van der Waals surface area contributed by atoms with E-state index in [0.29, 0.717) is 18.7 Å². The predicted octanol–water partition coefficient (Wildman–Crippen LogP) is 2.33. The van der Waals surface area contributed by atoms with Crippen molar-refractivity contribution in [3.63, 3.8) is 0 Å². The number of nitrogens with one attached hydrogen (secondary N) is 1. The van der Waals surface area contributed by atoms with E-state index in [4.69, 9.17) is 4.74 Å². The van der Waals surface area contributed by atoms with Gasteiger partial charge in [0.25, 0.3) is 0 Å². The van der Waals surface area contributed by atoms with Gasteiger partial charge in [-0.3, -0.25) is 9.78 Å². The Kier molecular flexibility index (Phi) is 5.69. The van der Waals surface area contributed by atoms with Crippen LogP contribution in [0.4, 0.5) is 0 Å². The fourth-order valence-corrected chi connectivity index (χ4v) is 3.96. The Bertz CT molecular complexity index is 430. The first-order valence-electron chi connectivity index (χ1n) is 6.52. The highest BCUT2D eigenvalue weighted by molar-refractivity contribution is 6.77. The molecule has 1 amide bonds. The average molecular weight is 280 g/mol. The maximum absolute atomic E-state index is 11.1. The van der Waals surface area contributed by atoms with Gasteiger partial charge in [-0.15, -0.1) is 0 Å². The molecule has 19 heavy (non-hydrogen) atoms. The molecule has 106 valence electrons. The number of methoxy groups -OCH3 is 1. The van der Waals surface area contributed by atoms with Gasteiger partial charge in [-0.05, 0) is 17.2 Å². The number of amides is 1. The zero-order valence-corrected chi connectivity index (χ0v) is 13.5. The van der Waals surface area contributed by atoms with Crippen LogP contribution in [0.15, 0.2) is 18.5 Å². The van der Waals surface area contributed by atoms with Crippen LogP contribution in [0.3, 0.4) is 0 Å². The summed E-state index contributed by atoms with van der Waals surface area (Å²) in [5, 5.41) is 2.86. The molecule has 0 bridgehead atoms. The third kappa shape index (κ3) is 4.76. The predicted molar refractivity (Wildman–Crippen MR) is 79.7 cm³/mol. The van der Waals surface area contributed by atoms with Gasteiger partial charge in [0.2, 0.25) is 5.91 Å². The van der Waals surface area contributed by atoms with E-state index in [0.717, 1.165) is 5.56 Å². The molecule has 0 saturated heterocycles. The lowest BCUT2D eigenvalue weighted by molar-refractivity contribution is -0.119. The number of ether oxygens (including phenoxy) is 1. The molecule has 1 aromatic heterocycles. The minimum Gasteiger partial charge on any atom is -0.384 e. The van der Waals surface area contributed by atoms with E-state index in [-0.39, 0.29) is 5.91 Å². The van der Waals surface area contributed by atoms with E-state index in [1.807, 2.05) is 12.3 Å². The van der Waals surface area contributed by atoms with Crippen LogP contribution in [-0.4, -0.2) is 32.7 Å². The maximum Gasteiger partial charge on any atom is 0.217 e. The number of carbonyl (C=O) groups excluding carboxylic acids is 1. The Hall–Kier alpha value is -1.20. The Labute approximate surface area is 116 Å². The molecule has 0 spiro atoms. The number of carbonyl (C=O) groups is 1. The van der Waals surface area contributed by atoms with E-state index in [1.165, 1.54) is 12.5 Å². The summed E-state index contributed by atoms with van der Waals surface area (Å²) in [7, 11) is 0.319. The van der Waals surface area contributed by atoms with E-state index >= 15 is 0 Å². The summed E-state index contributed by atoms with van der Waals surface area (Å²) in [6.45, 7) is 9.77. The summed E-state index contributed by atoms with van der Waals surface area (Å²) < 4.78 is 5.39. The standard InChI is InChI=1S/C14H24N2O2Si/c1-11(17)16-8-12-6-7-15-9-13(12)14(10-18-2)19(3,4)5/h6-7,9,14H,8,10H2,1-5H3,(H,16,17). The highest BCUT2D eigenvalue weighted by atomic mass is 28.3. The van der Waals surface area contributed by atoms with Crippen LogP contribution in [-0.2, 0) is 16.1 Å². The average Bonchev–Trinajstić information content (AvgIpc) is 2.32. The molecule has 0 aliphatic carbocycles. The number of nitrogens with zero attached hydrogens (tertiary/aromatic N) is 1. The topological polar surface area (TPSA) is 51.2 Å². The first-order valence-corrected chi connectivity index (χ1v) is 10.1. The van der Waals surface area contributed by atoms with Gasteiger partial charge >= 0.3 is 0 Å². The molecule has 0 saturated carbocycles. The quantitative estimate of drug-likeness (QED) is 0.814. The van der Waals surface area contributed by atoms with Crippen LogP contribution >= 0.6 is 0 Å². The number of pyridine rings is 1. The van der Waals surface area contributed by atoms with Crippen LogP contribution < -0.4 is 5.32 Å². The van der Waals surface area contributed by atoms with Crippen molar-refractivity contribution in [1.82, 2.24) is 10.3 Å². The second kappa shape index (κ2) is 6.82. The summed E-state index contributed by atoms with van der Waals surface area (Å²) in [4.78, 5) is 15.3. The zero-order valence-electron chi connectivity index (χ0n) is 12.5. The van der Waals surface area contributed by atoms with E-state index in [1.54, 1.807) is 13.3 Å². The minimum absolute atomic E-state index is 0.0148. The van der Waals surface area contributed by atoms with Gasteiger partial charge < -0.3 is 10.1 Å². The third-order valence-corrected chi connectivity index (χ3v) is 5.80. The summed E-state index contributed by atoms with van der Waals surface area (Å²) in [5.74, 6) is -0.0148. The monoisotopic (exact) mass is 280 g/mol. The minimum atomic E-state index is -1.41. The lowest BCUT2D eigenvalue weighted by Crippen LogP contribution is -2.35. The van der Waals surface area contributed by atoms with Gasteiger partial charge in [-0.2, -0.15) is 0 Å². The molecule has 1 aromatic rings. The molecule has 4 nitrogen and oxygen atoms in total. The summed E-state index contributed by atoms with van der Waals surface area (Å²) >= 11 is 0. The van der Waals surface area contributed by atoms with Crippen LogP contribution in [0.25, 0.3) is 0 Å². The van der Waals surface area contributed by atoms with Gasteiger partial charge in [0.05, 0.1) is 14.7 Å². The summed E-state index contributed by atoms with van der Waals surface area (Å²) in [5.41, 5.74) is 2.72. The normalized spacial score (nSPS) is 13.1. The Morgan fingerprint density at radius 2 is 2.16 bits per heavy atom. The van der Waals surface area contributed by atoms with Crippen molar-refractivity contribution in [2.24, 2.45) is 0 Å². The molecular formula is C14H24N2O2Si. The Balaban J connectivity index is 3.05. The molecule has 0 aliphatic heterocycles. The van der Waals surface area contributed by atoms with Crippen LogP contribution in [0.5, 0.6) is 0 Å². The molecule has 5 heteroatoms. The van der Waals surface area contributed by atoms with Crippen LogP contribution in [0, 0.1) is 0 Å². The number of aromatic nitrogens is 1. The van der Waals surface area contributed by atoms with Gasteiger partial charge in [0, 0.05) is 38.5 Å². The van der Waals surface area contributed by atoms with Crippen molar-refractivity contribution in [3.05, 3.63) is 29.6 Å². The smallest absolute Gasteiger partial charge is 0.217 e. The molecule has 0 aliphatic rings. The van der Waals surface area contributed by atoms with Gasteiger partial charge in [0.1, 0.15) is 0 Å². The molecular weight excluding hydrogens is 256 g/mol. The largest absolute Gasteiger partial charge is 0.384 e. The van der Waals surface area contributed by atoms with Crippen molar-refractivity contribution >= 4 is 14.0 Å². The van der Waals surface area contributed by atoms with Crippen LogP contribution in [0.2, 0.25) is 19.6 Å². The first kappa shape index (κ1) is 15.9. The molecule has 1 N–H and O–H groups in total. The Morgan fingerprint density at radius 1 is 1.47 bits per heavy atom. The van der Waals surface area contributed by atoms with Gasteiger partial charge in [-0.25, -0.2) is 0 Å². The van der Waals surface area contributed by atoms with Crippen molar-refractivity contribution in [3.8, 4) is 0 Å². The van der Waals surface area contributed by atoms with Crippen molar-refractivity contribution in [1.29, 1.82) is 0 Å². The maximum atomic E-state index is 11.1. The van der Waals surface area contributed by atoms with Crippen molar-refractivity contribution in [2.45, 2.75) is 38.7 Å². The SMILES string of the molecule is COCC(c1cnccc1CNC(C)=O)[Si](C)(C)C. The van der Waals surface area contributed by atoms with E-state index in [9.17, 15) is 4.79 Å². The lowest BCUT2D eigenvalue weighted by Gasteiger charge is -2.30. The van der Waals surface area contributed by atoms with Gasteiger partial charge in [0.15, 0.2) is 0 Å². The van der Waals surface area contributed by atoms with Crippen molar-refractivity contribution < 1.29 is 9.53 Å². The number of hydrogen-bond acceptors (Lipinski definition) is 3. The summed E-state index contributed by atoms with van der Waals surface area (Å²) in [6, 6.07) is 1.98. The van der Waals surface area contributed by atoms with Gasteiger partial charge in [-0.1, -0.05) is 19.6 Å². The highest BCUT2D eigenvalue weighted by Gasteiger charge is 2.29. The molecule has 1 rings (SSSR count). The highest BCUT2D eigenvalue weighted by Crippen LogP contribution is 2.29. The molecule has 0 aromatic carbocycles. The fourth-order valence-electron chi connectivity index (χ4n) is 2.10. The van der Waals surface area contributed by atoms with E-state index in [2.05, 4.69) is 29.9 Å². The van der Waals surface area contributed by atoms with Crippen molar-refractivity contribution in [2.75, 3.05) is 13.7 Å². The zero-order chi connectivity index (χ0) is 14.5. The second-order valence-electron chi connectivity index (χ2n) is 5.86. The van der Waals surface area contributed by atoms with Crippen LogP contribution in [0.1, 0.15) is 23.6 Å². The number of hydrogen-bond donors (Lipinski definition) is 1.